The molecule has 0 aliphatic carbocycles. The number of rotatable bonds is 7. The second-order valence-corrected chi connectivity index (χ2v) is 4.91. The lowest BCUT2D eigenvalue weighted by Crippen LogP contribution is -2.21. The minimum atomic E-state index is -0.456. The van der Waals surface area contributed by atoms with Gasteiger partial charge in [-0.2, -0.15) is 0 Å². The van der Waals surface area contributed by atoms with Gasteiger partial charge in [0.15, 0.2) is 0 Å². The fraction of sp³-hybridized carbons (Fsp3) is 0.462. The molecule has 0 spiro atoms. The van der Waals surface area contributed by atoms with Gasteiger partial charge in [0.05, 0.1) is 0 Å². The van der Waals surface area contributed by atoms with Gasteiger partial charge in [0.25, 0.3) is 0 Å². The summed E-state index contributed by atoms with van der Waals surface area (Å²) < 4.78 is 0. The molecule has 100 valence electrons. The number of hydrogen-bond acceptors (Lipinski definition) is 3. The molecule has 0 saturated carbocycles. The topological polar surface area (TPSA) is 58.4 Å². The van der Waals surface area contributed by atoms with Gasteiger partial charge in [-0.1, -0.05) is 17.7 Å². The fourth-order valence-corrected chi connectivity index (χ4v) is 1.83. The van der Waals surface area contributed by atoms with E-state index in [1.54, 1.807) is 12.1 Å². The second kappa shape index (κ2) is 7.36. The van der Waals surface area contributed by atoms with Crippen molar-refractivity contribution in [2.24, 2.45) is 5.73 Å². The summed E-state index contributed by atoms with van der Waals surface area (Å²) in [6.45, 7) is 2.69. The summed E-state index contributed by atoms with van der Waals surface area (Å²) in [6.07, 6.45) is 1.09. The zero-order chi connectivity index (χ0) is 13.5. The van der Waals surface area contributed by atoms with Crippen molar-refractivity contribution in [3.63, 3.8) is 0 Å². The lowest BCUT2D eigenvalue weighted by Gasteiger charge is -2.10. The van der Waals surface area contributed by atoms with Gasteiger partial charge in [-0.3, -0.25) is 4.79 Å². The average Bonchev–Trinajstić information content (AvgIpc) is 2.29. The number of nitrogens with two attached hydrogens (primary N) is 1. The molecule has 0 atom stereocenters. The van der Waals surface area contributed by atoms with Gasteiger partial charge in [-0.05, 0) is 51.3 Å². The van der Waals surface area contributed by atoms with E-state index in [1.807, 2.05) is 6.07 Å². The molecule has 4 nitrogen and oxygen atoms in total. The molecule has 5 heteroatoms. The van der Waals surface area contributed by atoms with Crippen LogP contribution in [0.1, 0.15) is 22.3 Å². The molecule has 0 aromatic heterocycles. The Hall–Kier alpha value is -1.10. The molecule has 0 aliphatic heterocycles. The lowest BCUT2D eigenvalue weighted by molar-refractivity contribution is 0.100. The van der Waals surface area contributed by atoms with Gasteiger partial charge in [-0.15, -0.1) is 0 Å². The van der Waals surface area contributed by atoms with Gasteiger partial charge < -0.3 is 16.0 Å². The maximum atomic E-state index is 11.0. The van der Waals surface area contributed by atoms with Crippen molar-refractivity contribution in [1.82, 2.24) is 10.2 Å². The molecule has 0 bridgehead atoms. The van der Waals surface area contributed by atoms with E-state index < -0.39 is 5.91 Å². The van der Waals surface area contributed by atoms with Crippen LogP contribution in [0.4, 0.5) is 0 Å². The highest BCUT2D eigenvalue weighted by Gasteiger charge is 2.05. The summed E-state index contributed by atoms with van der Waals surface area (Å²) in [6, 6.07) is 5.15. The van der Waals surface area contributed by atoms with Crippen molar-refractivity contribution < 1.29 is 4.79 Å². The third-order valence-electron chi connectivity index (χ3n) is 2.61. The Morgan fingerprint density at radius 3 is 2.72 bits per heavy atom. The fourth-order valence-electron chi connectivity index (χ4n) is 1.59. The third-order valence-corrected chi connectivity index (χ3v) is 2.96. The van der Waals surface area contributed by atoms with Crippen molar-refractivity contribution in [3.8, 4) is 0 Å². The van der Waals surface area contributed by atoms with Crippen LogP contribution in [0.25, 0.3) is 0 Å². The molecule has 1 rings (SSSR count). The Morgan fingerprint density at radius 1 is 1.44 bits per heavy atom. The smallest absolute Gasteiger partial charge is 0.248 e. The number of hydrogen-bond donors (Lipinski definition) is 2. The first-order valence-corrected chi connectivity index (χ1v) is 6.32. The molecule has 3 N–H and O–H groups in total. The van der Waals surface area contributed by atoms with Crippen LogP contribution in [0.15, 0.2) is 18.2 Å². The van der Waals surface area contributed by atoms with Crippen LogP contribution in [0.3, 0.4) is 0 Å². The number of nitrogens with one attached hydrogen (secondary N) is 1. The summed E-state index contributed by atoms with van der Waals surface area (Å²) in [5.74, 6) is -0.456. The first-order valence-electron chi connectivity index (χ1n) is 5.94. The highest BCUT2D eigenvalue weighted by molar-refractivity contribution is 6.31. The van der Waals surface area contributed by atoms with E-state index in [0.717, 1.165) is 25.1 Å². The first kappa shape index (κ1) is 15.0. The van der Waals surface area contributed by atoms with E-state index in [-0.39, 0.29) is 0 Å². The number of benzene rings is 1. The molecule has 0 heterocycles. The van der Waals surface area contributed by atoms with Crippen LogP contribution >= 0.6 is 11.6 Å². The molecule has 0 aliphatic rings. The van der Waals surface area contributed by atoms with Crippen molar-refractivity contribution in [3.05, 3.63) is 34.3 Å². The van der Waals surface area contributed by atoms with Crippen molar-refractivity contribution in [1.29, 1.82) is 0 Å². The molecule has 18 heavy (non-hydrogen) atoms. The Bertz CT molecular complexity index is 407. The van der Waals surface area contributed by atoms with Crippen LogP contribution in [-0.2, 0) is 6.54 Å². The van der Waals surface area contributed by atoms with Crippen LogP contribution in [0.2, 0.25) is 5.02 Å². The van der Waals surface area contributed by atoms with Crippen molar-refractivity contribution in [2.45, 2.75) is 13.0 Å². The number of amides is 1. The summed E-state index contributed by atoms with van der Waals surface area (Å²) >= 11 is 6.08. The molecule has 0 radical (unpaired) electrons. The van der Waals surface area contributed by atoms with E-state index in [1.165, 1.54) is 0 Å². The monoisotopic (exact) mass is 269 g/mol. The van der Waals surface area contributed by atoms with E-state index in [4.69, 9.17) is 17.3 Å². The molecule has 0 fully saturated rings. The molecule has 1 aromatic rings. The number of halogens is 1. The molecule has 1 aromatic carbocycles. The Balaban J connectivity index is 2.41. The van der Waals surface area contributed by atoms with E-state index in [0.29, 0.717) is 17.1 Å². The molecular weight excluding hydrogens is 250 g/mol. The summed E-state index contributed by atoms with van der Waals surface area (Å²) in [4.78, 5) is 13.1. The lowest BCUT2D eigenvalue weighted by atomic mass is 10.1. The molecule has 0 saturated heterocycles. The van der Waals surface area contributed by atoms with Gasteiger partial charge in [0, 0.05) is 17.1 Å². The first-order chi connectivity index (χ1) is 8.50. The zero-order valence-electron chi connectivity index (χ0n) is 10.9. The standard InChI is InChI=1S/C13H20ClN3O/c1-17(2)7-3-6-16-9-11-5-4-10(13(15)18)8-12(11)14/h4-5,8,16H,3,6-7,9H2,1-2H3,(H2,15,18). The number of carbonyl (C=O) groups excluding carboxylic acids is 1. The highest BCUT2D eigenvalue weighted by Crippen LogP contribution is 2.17. The van der Waals surface area contributed by atoms with Gasteiger partial charge in [0.1, 0.15) is 0 Å². The van der Waals surface area contributed by atoms with Crippen molar-refractivity contribution >= 4 is 17.5 Å². The Labute approximate surface area is 113 Å². The maximum absolute atomic E-state index is 11.0. The van der Waals surface area contributed by atoms with E-state index >= 15 is 0 Å². The predicted molar refractivity (Wildman–Crippen MR) is 74.8 cm³/mol. The number of carbonyl (C=O) groups is 1. The molecular formula is C13H20ClN3O. The van der Waals surface area contributed by atoms with Crippen LogP contribution in [0.5, 0.6) is 0 Å². The Morgan fingerprint density at radius 2 is 2.17 bits per heavy atom. The van der Waals surface area contributed by atoms with E-state index in [2.05, 4.69) is 24.3 Å². The van der Waals surface area contributed by atoms with E-state index in [9.17, 15) is 4.79 Å². The summed E-state index contributed by atoms with van der Waals surface area (Å²) in [5.41, 5.74) is 6.60. The average molecular weight is 270 g/mol. The second-order valence-electron chi connectivity index (χ2n) is 4.50. The van der Waals surface area contributed by atoms with Crippen molar-refractivity contribution in [2.75, 3.05) is 27.2 Å². The predicted octanol–water partition coefficient (Wildman–Crippen LogP) is 1.48. The quantitative estimate of drug-likeness (QED) is 0.737. The SMILES string of the molecule is CN(C)CCCNCc1ccc(C(N)=O)cc1Cl. The number of nitrogens with zero attached hydrogens (tertiary/aromatic N) is 1. The summed E-state index contributed by atoms with van der Waals surface area (Å²) in [7, 11) is 4.11. The van der Waals surface area contributed by atoms with Gasteiger partial charge >= 0.3 is 0 Å². The molecule has 0 unspecified atom stereocenters. The summed E-state index contributed by atoms with van der Waals surface area (Å²) in [5, 5.41) is 3.89. The molecule has 1 amide bonds. The minimum absolute atomic E-state index is 0.441. The van der Waals surface area contributed by atoms with Gasteiger partial charge in [0.2, 0.25) is 5.91 Å². The highest BCUT2D eigenvalue weighted by atomic mass is 35.5. The maximum Gasteiger partial charge on any atom is 0.248 e. The zero-order valence-corrected chi connectivity index (χ0v) is 11.6. The normalized spacial score (nSPS) is 10.9. The van der Waals surface area contributed by atoms with Crippen LogP contribution < -0.4 is 11.1 Å². The largest absolute Gasteiger partial charge is 0.366 e. The Kier molecular flexibility index (Phi) is 6.12. The number of primary amides is 1. The van der Waals surface area contributed by atoms with Crippen LogP contribution in [-0.4, -0.2) is 38.0 Å². The minimum Gasteiger partial charge on any atom is -0.366 e. The third kappa shape index (κ3) is 5.04. The van der Waals surface area contributed by atoms with Crippen LogP contribution in [0, 0.1) is 0 Å². The van der Waals surface area contributed by atoms with Gasteiger partial charge in [-0.25, -0.2) is 0 Å².